The van der Waals surface area contributed by atoms with E-state index in [0.717, 1.165) is 19.3 Å². The summed E-state index contributed by atoms with van der Waals surface area (Å²) in [6.45, 7) is 34.1. The Labute approximate surface area is 604 Å². The van der Waals surface area contributed by atoms with Gasteiger partial charge in [0.25, 0.3) is 5.91 Å². The van der Waals surface area contributed by atoms with Crippen molar-refractivity contribution in [1.82, 2.24) is 49.7 Å². The molecule has 2 aliphatic rings. The third-order valence-electron chi connectivity index (χ3n) is 15.6. The molecule has 102 heavy (non-hydrogen) atoms. The van der Waals surface area contributed by atoms with Crippen LogP contribution in [-0.4, -0.2) is 245 Å². The predicted molar refractivity (Wildman–Crippen MR) is 392 cm³/mol. The summed E-state index contributed by atoms with van der Waals surface area (Å²) in [5.74, 6) is -0.0276. The molecule has 1 aromatic carbocycles. The predicted octanol–water partition coefficient (Wildman–Crippen LogP) is 12.2. The van der Waals surface area contributed by atoms with E-state index >= 15 is 0 Å². The van der Waals surface area contributed by atoms with E-state index in [1.165, 1.54) is 80.4 Å². The van der Waals surface area contributed by atoms with E-state index in [2.05, 4.69) is 17.6 Å². The first kappa shape index (κ1) is 84.4. The number of unbranched alkanes of at least 4 members (excludes halogenated alkanes) is 9. The molecule has 0 saturated carbocycles. The number of amides is 7. The Morgan fingerprint density at radius 2 is 0.725 bits per heavy atom. The molecule has 2 aromatic heterocycles. The number of carbonyl (C=O) groups is 7. The number of nitrogens with one attached hydrogen (secondary N) is 2. The van der Waals surface area contributed by atoms with Crippen molar-refractivity contribution in [3.63, 3.8) is 0 Å². The van der Waals surface area contributed by atoms with Crippen LogP contribution in [0.25, 0.3) is 11.0 Å². The molecule has 0 radical (unpaired) electrons. The highest BCUT2D eigenvalue weighted by Crippen LogP contribution is 2.25. The molecule has 2 fully saturated rings. The van der Waals surface area contributed by atoms with Crippen LogP contribution >= 0.6 is 0 Å². The fourth-order valence-electron chi connectivity index (χ4n) is 10.6. The quantitative estimate of drug-likeness (QED) is 0.0640. The summed E-state index contributed by atoms with van der Waals surface area (Å²) in [6.07, 6.45) is 8.09. The number of hydrogen-bond acceptors (Lipinski definition) is 22. The van der Waals surface area contributed by atoms with Crippen LogP contribution in [0.2, 0.25) is 0 Å². The van der Waals surface area contributed by atoms with Crippen LogP contribution in [0.1, 0.15) is 206 Å². The second kappa shape index (κ2) is 38.3. The number of anilines is 3. The molecular formula is C73H121N13O16. The van der Waals surface area contributed by atoms with Gasteiger partial charge in [0.05, 0.1) is 6.61 Å². The second-order valence-corrected chi connectivity index (χ2v) is 31.9. The highest BCUT2D eigenvalue weighted by molar-refractivity contribution is 5.96. The molecule has 0 aliphatic carbocycles. The number of benzene rings is 1. The third-order valence-corrected chi connectivity index (χ3v) is 15.6. The zero-order chi connectivity index (χ0) is 75.8. The number of carbonyl (C=O) groups excluding carboxylic acids is 7. The lowest BCUT2D eigenvalue weighted by Crippen LogP contribution is -2.52. The molecule has 0 spiro atoms. The summed E-state index contributed by atoms with van der Waals surface area (Å²) in [5.41, 5.74) is -6.15. The van der Waals surface area contributed by atoms with Gasteiger partial charge in [0.15, 0.2) is 0 Å². The van der Waals surface area contributed by atoms with Crippen LogP contribution in [0.5, 0.6) is 5.75 Å². The van der Waals surface area contributed by atoms with Crippen molar-refractivity contribution in [2.45, 2.75) is 229 Å². The Morgan fingerprint density at radius 3 is 1.05 bits per heavy atom. The first-order chi connectivity index (χ1) is 47.5. The average molecular weight is 1440 g/mol. The molecule has 2 N–H and O–H groups in total. The highest BCUT2D eigenvalue weighted by atomic mass is 16.6. The standard InChI is InChI=1S/C73H121N13O16/c1-20-21-22-23-24-25-26-27-28-29-50-95-54-31-30-53-51-55(58(88)96-56(53)52-54)57(87)74-32-33-75-59-76-60(79-34-38-81(62(89)97-68(2,3)4)42-46-85(66(93)101-72(14,15)16)47-43-82(39-35-79)63(90)98-69(5,6)7)78-61(77-59)80-36-40-83(64(91)99-70(8,9)10)44-48-86(67(94)102-73(17,18)19)49-45-84(41-37-80)65(92)100-71(11,12)13/h30-31,51-52H,20-29,32-50H2,1-19H3,(H,74,87)(H,75,76,77,78). The largest absolute Gasteiger partial charge is 0.493 e. The van der Waals surface area contributed by atoms with Crippen LogP contribution in [0, 0.1) is 0 Å². The molecule has 4 heterocycles. The van der Waals surface area contributed by atoms with Gasteiger partial charge in [0, 0.05) is 129 Å². The zero-order valence-corrected chi connectivity index (χ0v) is 64.8. The molecule has 3 aromatic rings. The molecule has 0 bridgehead atoms. The number of rotatable bonds is 19. The summed E-state index contributed by atoms with van der Waals surface area (Å²) in [4.78, 5) is 140. The first-order valence-electron chi connectivity index (χ1n) is 36.4. The van der Waals surface area contributed by atoms with Gasteiger partial charge in [-0.15, -0.1) is 0 Å². The van der Waals surface area contributed by atoms with Gasteiger partial charge in [-0.05, 0) is 149 Å². The monoisotopic (exact) mass is 1440 g/mol. The fourth-order valence-corrected chi connectivity index (χ4v) is 10.6. The van der Waals surface area contributed by atoms with Crippen LogP contribution in [0.4, 0.5) is 46.6 Å². The maximum atomic E-state index is 14.3. The second-order valence-electron chi connectivity index (χ2n) is 31.9. The summed E-state index contributed by atoms with van der Waals surface area (Å²) >= 11 is 0. The topological polar surface area (TPSA) is 303 Å². The smallest absolute Gasteiger partial charge is 0.410 e. The van der Waals surface area contributed by atoms with Crippen LogP contribution in [-0.2, 0) is 28.4 Å². The fraction of sp³-hybridized carbons (Fsp3) is 0.740. The van der Waals surface area contributed by atoms with Crippen LogP contribution in [0.15, 0.2) is 33.5 Å². The molecule has 2 aliphatic heterocycles. The Hall–Kier alpha value is -8.27. The maximum Gasteiger partial charge on any atom is 0.410 e. The Bertz CT molecular complexity index is 3050. The molecule has 0 unspecified atom stereocenters. The first-order valence-corrected chi connectivity index (χ1v) is 36.4. The van der Waals surface area contributed by atoms with Gasteiger partial charge in [0.1, 0.15) is 50.5 Å². The normalized spacial score (nSPS) is 15.6. The van der Waals surface area contributed by atoms with Gasteiger partial charge in [-0.2, -0.15) is 15.0 Å². The molecule has 574 valence electrons. The lowest BCUT2D eigenvalue weighted by Gasteiger charge is -2.36. The minimum absolute atomic E-state index is 0.000103. The molecule has 29 nitrogen and oxygen atoms in total. The van der Waals surface area contributed by atoms with Crippen LogP contribution in [0.3, 0.4) is 0 Å². The summed E-state index contributed by atoms with van der Waals surface area (Å²) in [5, 5.41) is 6.57. The maximum absolute atomic E-state index is 14.3. The Kier molecular flexibility index (Phi) is 31.7. The van der Waals surface area contributed by atoms with Crippen molar-refractivity contribution < 1.29 is 71.1 Å². The van der Waals surface area contributed by atoms with E-state index in [9.17, 15) is 38.4 Å². The van der Waals surface area contributed by atoms with Crippen LogP contribution < -0.4 is 30.8 Å². The lowest BCUT2D eigenvalue weighted by atomic mass is 10.1. The van der Waals surface area contributed by atoms with Gasteiger partial charge >= 0.3 is 42.2 Å². The van der Waals surface area contributed by atoms with Gasteiger partial charge in [-0.25, -0.2) is 33.6 Å². The minimum Gasteiger partial charge on any atom is -0.493 e. The van der Waals surface area contributed by atoms with Gasteiger partial charge < -0.3 is 87.4 Å². The minimum atomic E-state index is -0.909. The number of hydrogen-bond donors (Lipinski definition) is 2. The third kappa shape index (κ3) is 31.5. The van der Waals surface area contributed by atoms with Gasteiger partial charge in [-0.3, -0.25) is 4.79 Å². The van der Waals surface area contributed by atoms with E-state index in [1.54, 1.807) is 153 Å². The molecular weight excluding hydrogens is 1310 g/mol. The van der Waals surface area contributed by atoms with Gasteiger partial charge in [0.2, 0.25) is 17.8 Å². The molecule has 29 heteroatoms. The van der Waals surface area contributed by atoms with E-state index in [1.807, 2.05) is 0 Å². The number of ether oxygens (including phenoxy) is 7. The average Bonchev–Trinajstić information content (AvgIpc) is 0.811. The summed E-state index contributed by atoms with van der Waals surface area (Å²) in [7, 11) is 0. The zero-order valence-electron chi connectivity index (χ0n) is 64.8. The number of fused-ring (bicyclic) bond motifs is 1. The summed E-state index contributed by atoms with van der Waals surface area (Å²) in [6, 6.07) is 6.65. The van der Waals surface area contributed by atoms with Crippen molar-refractivity contribution in [3.05, 3.63) is 40.2 Å². The van der Waals surface area contributed by atoms with Crippen molar-refractivity contribution in [2.75, 3.05) is 140 Å². The van der Waals surface area contributed by atoms with E-state index in [0.29, 0.717) is 17.7 Å². The number of aromatic nitrogens is 3. The molecule has 7 amide bonds. The lowest BCUT2D eigenvalue weighted by molar-refractivity contribution is 0.00797. The van der Waals surface area contributed by atoms with E-state index in [4.69, 9.17) is 52.5 Å². The molecule has 2 saturated heterocycles. The van der Waals surface area contributed by atoms with E-state index < -0.39 is 81.7 Å². The van der Waals surface area contributed by atoms with Crippen molar-refractivity contribution in [3.8, 4) is 5.75 Å². The highest BCUT2D eigenvalue weighted by Gasteiger charge is 2.34. The van der Waals surface area contributed by atoms with Crippen molar-refractivity contribution in [2.24, 2.45) is 0 Å². The van der Waals surface area contributed by atoms with Crippen molar-refractivity contribution in [1.29, 1.82) is 0 Å². The Morgan fingerprint density at radius 1 is 0.412 bits per heavy atom. The molecule has 0 atom stereocenters. The van der Waals surface area contributed by atoms with Crippen molar-refractivity contribution >= 4 is 71.3 Å². The summed E-state index contributed by atoms with van der Waals surface area (Å²) < 4.78 is 47.1. The van der Waals surface area contributed by atoms with E-state index in [-0.39, 0.29) is 147 Å². The molecule has 5 rings (SSSR count). The Balaban J connectivity index is 1.57. The number of nitrogens with zero attached hydrogens (tertiary/aromatic N) is 11. The van der Waals surface area contributed by atoms with Gasteiger partial charge in [-0.1, -0.05) is 64.7 Å². The SMILES string of the molecule is CCCCCCCCCCCCOc1ccc2cc(C(=O)NCCNc3nc(N4CCN(C(=O)OC(C)(C)C)CCN(C(=O)OC(C)(C)C)CCN(C(=O)OC(C)(C)C)CC4)nc(N4CCN(C(=O)OC(C)(C)C)CCN(C(=O)OC(C)(C)C)CCN(C(=O)OC(C)(C)C)CC4)n3)c(=O)oc2c1.